The second-order valence-corrected chi connectivity index (χ2v) is 8.77. The first kappa shape index (κ1) is 18.6. The molecule has 3 aliphatic heterocycles. The fourth-order valence-corrected chi connectivity index (χ4v) is 3.87. The Kier molecular flexibility index (Phi) is 4.59. The van der Waals surface area contributed by atoms with Crippen molar-refractivity contribution in [1.82, 2.24) is 4.90 Å². The van der Waals surface area contributed by atoms with Gasteiger partial charge in [-0.05, 0) is 76.2 Å². The van der Waals surface area contributed by atoms with E-state index in [0.717, 1.165) is 36.8 Å². The Morgan fingerprint density at radius 3 is 2.56 bits per heavy atom. The van der Waals surface area contributed by atoms with Crippen LogP contribution in [0.2, 0.25) is 0 Å². The lowest BCUT2D eigenvalue weighted by molar-refractivity contribution is 0.00578. The van der Waals surface area contributed by atoms with E-state index in [1.807, 2.05) is 17.0 Å². The zero-order chi connectivity index (χ0) is 19.2. The van der Waals surface area contributed by atoms with Crippen LogP contribution in [0.3, 0.4) is 0 Å². The Hall–Kier alpha value is -1.79. The number of amides is 1. The van der Waals surface area contributed by atoms with Gasteiger partial charge in [0.2, 0.25) is 0 Å². The summed E-state index contributed by atoms with van der Waals surface area (Å²) in [7, 11) is -0.304. The minimum atomic E-state index is -0.331. The average Bonchev–Trinajstić information content (AvgIpc) is 2.88. The van der Waals surface area contributed by atoms with Crippen molar-refractivity contribution in [3.05, 3.63) is 40.9 Å². The third-order valence-corrected chi connectivity index (χ3v) is 6.38. The maximum Gasteiger partial charge on any atom is 0.490 e. The molecular formula is C21H29BN2O3. The topological polar surface area (TPSA) is 50.8 Å². The van der Waals surface area contributed by atoms with E-state index in [-0.39, 0.29) is 24.2 Å². The smallest absolute Gasteiger partial charge is 0.400 e. The van der Waals surface area contributed by atoms with Crippen LogP contribution in [0.5, 0.6) is 0 Å². The van der Waals surface area contributed by atoms with Crippen LogP contribution in [0, 0.1) is 0 Å². The Bertz CT molecular complexity index is 772. The molecule has 1 saturated heterocycles. The predicted molar refractivity (Wildman–Crippen MR) is 108 cm³/mol. The molecule has 0 bridgehead atoms. The van der Waals surface area contributed by atoms with E-state index in [1.165, 1.54) is 11.3 Å². The lowest BCUT2D eigenvalue weighted by Crippen LogP contribution is -2.41. The number of anilines is 1. The van der Waals surface area contributed by atoms with E-state index in [1.54, 1.807) is 0 Å². The minimum absolute atomic E-state index is 0.104. The molecule has 3 aliphatic rings. The molecule has 0 unspecified atom stereocenters. The predicted octanol–water partition coefficient (Wildman–Crippen LogP) is 3.45. The van der Waals surface area contributed by atoms with Crippen molar-refractivity contribution in [2.75, 3.05) is 25.0 Å². The molecule has 1 aromatic carbocycles. The molecule has 1 fully saturated rings. The molecule has 0 atom stereocenters. The number of fused-ring (bicyclic) bond motifs is 1. The number of aryl methyl sites for hydroxylation is 1. The summed E-state index contributed by atoms with van der Waals surface area (Å²) in [6.07, 6.45) is 5.04. The monoisotopic (exact) mass is 368 g/mol. The van der Waals surface area contributed by atoms with Crippen molar-refractivity contribution in [2.24, 2.45) is 0 Å². The van der Waals surface area contributed by atoms with Crippen LogP contribution in [0.15, 0.2) is 29.7 Å². The molecule has 1 N–H and O–H groups in total. The van der Waals surface area contributed by atoms with Gasteiger partial charge in [-0.25, -0.2) is 0 Å². The number of carbonyl (C=O) groups excluding carboxylic acids is 1. The van der Waals surface area contributed by atoms with Crippen LogP contribution < -0.4 is 5.32 Å². The molecule has 0 aromatic heterocycles. The van der Waals surface area contributed by atoms with Crippen molar-refractivity contribution in [3.63, 3.8) is 0 Å². The third kappa shape index (κ3) is 3.41. The normalized spacial score (nSPS) is 23.5. The first-order valence-corrected chi connectivity index (χ1v) is 9.97. The summed E-state index contributed by atoms with van der Waals surface area (Å²) >= 11 is 0. The van der Waals surface area contributed by atoms with Gasteiger partial charge in [0.15, 0.2) is 0 Å². The van der Waals surface area contributed by atoms with E-state index in [4.69, 9.17) is 9.31 Å². The molecule has 27 heavy (non-hydrogen) atoms. The number of carbonyl (C=O) groups is 1. The highest BCUT2D eigenvalue weighted by Gasteiger charge is 2.52. The van der Waals surface area contributed by atoms with Gasteiger partial charge >= 0.3 is 7.12 Å². The second-order valence-electron chi connectivity index (χ2n) is 8.77. The Labute approximate surface area is 162 Å². The molecule has 1 amide bonds. The number of nitrogens with zero attached hydrogens (tertiary/aromatic N) is 1. The fourth-order valence-electron chi connectivity index (χ4n) is 3.87. The van der Waals surface area contributed by atoms with Crippen molar-refractivity contribution < 1.29 is 14.1 Å². The molecule has 5 nitrogen and oxygen atoms in total. The van der Waals surface area contributed by atoms with Crippen LogP contribution in [0.4, 0.5) is 5.69 Å². The summed E-state index contributed by atoms with van der Waals surface area (Å²) in [5.74, 6) is 0.104. The summed E-state index contributed by atoms with van der Waals surface area (Å²) in [6.45, 7) is 10.6. The van der Waals surface area contributed by atoms with Gasteiger partial charge in [0.1, 0.15) is 0 Å². The lowest BCUT2D eigenvalue weighted by atomic mass is 9.74. The van der Waals surface area contributed by atoms with Gasteiger partial charge in [-0.2, -0.15) is 0 Å². The molecule has 0 aliphatic carbocycles. The Morgan fingerprint density at radius 2 is 1.89 bits per heavy atom. The van der Waals surface area contributed by atoms with Crippen LogP contribution in [-0.4, -0.2) is 48.8 Å². The minimum Gasteiger partial charge on any atom is -0.400 e. The summed E-state index contributed by atoms with van der Waals surface area (Å²) in [5.41, 5.74) is 3.68. The second kappa shape index (κ2) is 6.68. The van der Waals surface area contributed by atoms with Crippen molar-refractivity contribution in [2.45, 2.75) is 58.2 Å². The maximum absolute atomic E-state index is 12.9. The van der Waals surface area contributed by atoms with Crippen molar-refractivity contribution in [3.8, 4) is 0 Å². The van der Waals surface area contributed by atoms with Gasteiger partial charge in [0.05, 0.1) is 11.2 Å². The molecule has 6 heteroatoms. The highest BCUT2D eigenvalue weighted by atomic mass is 16.7. The van der Waals surface area contributed by atoms with Gasteiger partial charge < -0.3 is 19.5 Å². The maximum atomic E-state index is 12.9. The van der Waals surface area contributed by atoms with E-state index in [2.05, 4.69) is 45.2 Å². The van der Waals surface area contributed by atoms with Crippen molar-refractivity contribution in [1.29, 1.82) is 0 Å². The molecule has 3 heterocycles. The Balaban J connectivity index is 1.44. The lowest BCUT2D eigenvalue weighted by Gasteiger charge is -2.32. The average molecular weight is 368 g/mol. The van der Waals surface area contributed by atoms with Crippen LogP contribution in [-0.2, 0) is 15.7 Å². The first-order valence-electron chi connectivity index (χ1n) is 9.97. The number of hydrogen-bond acceptors (Lipinski definition) is 4. The summed E-state index contributed by atoms with van der Waals surface area (Å²) in [4.78, 5) is 14.8. The molecule has 0 saturated carbocycles. The van der Waals surface area contributed by atoms with Crippen LogP contribution in [0.25, 0.3) is 0 Å². The van der Waals surface area contributed by atoms with E-state index in [0.29, 0.717) is 13.1 Å². The summed E-state index contributed by atoms with van der Waals surface area (Å²) in [5, 5.41) is 3.40. The summed E-state index contributed by atoms with van der Waals surface area (Å²) < 4.78 is 12.3. The fraction of sp³-hybridized carbons (Fsp3) is 0.571. The zero-order valence-corrected chi connectivity index (χ0v) is 16.8. The highest BCUT2D eigenvalue weighted by molar-refractivity contribution is 6.54. The van der Waals surface area contributed by atoms with Gasteiger partial charge in [0.25, 0.3) is 5.91 Å². The van der Waals surface area contributed by atoms with Gasteiger partial charge in [-0.15, -0.1) is 0 Å². The van der Waals surface area contributed by atoms with E-state index >= 15 is 0 Å². The summed E-state index contributed by atoms with van der Waals surface area (Å²) in [6, 6.07) is 6.03. The molecule has 0 radical (unpaired) electrons. The molecule has 4 rings (SSSR count). The van der Waals surface area contributed by atoms with E-state index < -0.39 is 0 Å². The number of hydrogen-bond donors (Lipinski definition) is 1. The van der Waals surface area contributed by atoms with Gasteiger partial charge in [0, 0.05) is 30.9 Å². The van der Waals surface area contributed by atoms with E-state index in [9.17, 15) is 4.79 Å². The number of rotatable bonds is 2. The number of nitrogens with one attached hydrogen (secondary N) is 1. The highest BCUT2D eigenvalue weighted by Crippen LogP contribution is 2.39. The zero-order valence-electron chi connectivity index (χ0n) is 16.8. The SMILES string of the molecule is CC1(C)OB(C2=CCN(C(=O)c3ccc4c(c3)CCCN4)CC2)OC1(C)C. The molecule has 144 valence electrons. The molecule has 1 aromatic rings. The van der Waals surface area contributed by atoms with Gasteiger partial charge in [-0.1, -0.05) is 6.08 Å². The standard InChI is InChI=1S/C21H29BN2O3/c1-20(2)21(3,4)27-22(26-20)17-9-12-24(13-10-17)19(25)16-7-8-18-15(14-16)6-5-11-23-18/h7-9,14,23H,5-6,10-13H2,1-4H3. The number of benzene rings is 1. The van der Waals surface area contributed by atoms with Crippen LogP contribution in [0.1, 0.15) is 56.5 Å². The Morgan fingerprint density at radius 1 is 1.15 bits per heavy atom. The quantitative estimate of drug-likeness (QED) is 0.813. The molecular weight excluding hydrogens is 339 g/mol. The van der Waals surface area contributed by atoms with Gasteiger partial charge in [-0.3, -0.25) is 4.79 Å². The first-order chi connectivity index (χ1) is 12.8. The largest absolute Gasteiger partial charge is 0.490 e. The molecule has 0 spiro atoms. The third-order valence-electron chi connectivity index (χ3n) is 6.38. The van der Waals surface area contributed by atoms with Crippen molar-refractivity contribution >= 4 is 18.7 Å². The van der Waals surface area contributed by atoms with Crippen LogP contribution >= 0.6 is 0 Å².